The molecule has 0 radical (unpaired) electrons. The van der Waals surface area contributed by atoms with Crippen molar-refractivity contribution in [2.45, 2.75) is 45.0 Å². The lowest BCUT2D eigenvalue weighted by Gasteiger charge is -2.18. The number of nitrogens with one attached hydrogen (secondary N) is 1. The first-order valence-electron chi connectivity index (χ1n) is 5.98. The molecule has 0 saturated carbocycles. The largest absolute Gasteiger partial charge is 0.491 e. The van der Waals surface area contributed by atoms with Crippen molar-refractivity contribution in [3.63, 3.8) is 0 Å². The van der Waals surface area contributed by atoms with Crippen molar-refractivity contribution < 1.29 is 9.53 Å². The Labute approximate surface area is 117 Å². The number of alkyl halides is 1. The van der Waals surface area contributed by atoms with Gasteiger partial charge in [0.1, 0.15) is 5.75 Å². The highest BCUT2D eigenvalue weighted by molar-refractivity contribution is 9.10. The average molecular weight is 314 g/mol. The summed E-state index contributed by atoms with van der Waals surface area (Å²) in [4.78, 5) is 11.9. The number of ether oxygens (including phenoxy) is 1. The van der Waals surface area contributed by atoms with Gasteiger partial charge in [-0.25, -0.2) is 0 Å². The van der Waals surface area contributed by atoms with E-state index in [0.29, 0.717) is 0 Å². The van der Waals surface area contributed by atoms with Gasteiger partial charge in [-0.2, -0.15) is 0 Å². The summed E-state index contributed by atoms with van der Waals surface area (Å²) < 4.78 is 5.02. The predicted octanol–water partition coefficient (Wildman–Crippen LogP) is 3.89. The van der Waals surface area contributed by atoms with Crippen LogP contribution in [0.3, 0.4) is 0 Å². The van der Waals surface area contributed by atoms with Gasteiger partial charge >= 0.3 is 0 Å². The molecule has 0 bridgehead atoms. The van der Waals surface area contributed by atoms with E-state index < -0.39 is 4.32 Å². The molecular formula is C14H20BrNO2. The van der Waals surface area contributed by atoms with Crippen LogP contribution in [-0.4, -0.2) is 16.3 Å². The molecule has 100 valence electrons. The Morgan fingerprint density at radius 2 is 2.00 bits per heavy atom. The molecule has 1 aromatic rings. The maximum absolute atomic E-state index is 11.9. The lowest BCUT2D eigenvalue weighted by molar-refractivity contribution is -0.117. The third-order valence-electron chi connectivity index (χ3n) is 2.36. The average Bonchev–Trinajstić information content (AvgIpc) is 2.19. The maximum Gasteiger partial charge on any atom is 0.240 e. The molecule has 1 aromatic carbocycles. The Bertz CT molecular complexity index is 436. The number of rotatable bonds is 4. The lowest BCUT2D eigenvalue weighted by Crippen LogP contribution is -2.31. The van der Waals surface area contributed by atoms with E-state index in [0.717, 1.165) is 17.0 Å². The van der Waals surface area contributed by atoms with Crippen molar-refractivity contribution in [3.05, 3.63) is 23.8 Å². The fraction of sp³-hybridized carbons (Fsp3) is 0.500. The third kappa shape index (κ3) is 4.33. The molecule has 0 unspecified atom stereocenters. The lowest BCUT2D eigenvalue weighted by atomic mass is 10.1. The van der Waals surface area contributed by atoms with Crippen LogP contribution in [0, 0.1) is 6.92 Å². The van der Waals surface area contributed by atoms with Crippen LogP contribution in [0.5, 0.6) is 5.75 Å². The Balaban J connectivity index is 2.83. The van der Waals surface area contributed by atoms with E-state index in [1.54, 1.807) is 0 Å². The highest BCUT2D eigenvalue weighted by Crippen LogP contribution is 2.24. The molecule has 18 heavy (non-hydrogen) atoms. The minimum atomic E-state index is -0.577. The van der Waals surface area contributed by atoms with Gasteiger partial charge in [-0.05, 0) is 58.4 Å². The second-order valence-corrected chi connectivity index (χ2v) is 7.05. The summed E-state index contributed by atoms with van der Waals surface area (Å²) in [7, 11) is 0. The Kier molecular flexibility index (Phi) is 4.79. The van der Waals surface area contributed by atoms with Crippen molar-refractivity contribution in [1.29, 1.82) is 0 Å². The SMILES string of the molecule is Cc1cc(OC(C)C)ccc1NC(=O)C(C)(C)Br. The molecular weight excluding hydrogens is 294 g/mol. The highest BCUT2D eigenvalue weighted by atomic mass is 79.9. The van der Waals surface area contributed by atoms with Crippen LogP contribution in [0.2, 0.25) is 0 Å². The van der Waals surface area contributed by atoms with Crippen LogP contribution >= 0.6 is 15.9 Å². The van der Waals surface area contributed by atoms with Crippen LogP contribution < -0.4 is 10.1 Å². The summed E-state index contributed by atoms with van der Waals surface area (Å²) in [5.74, 6) is 0.752. The quantitative estimate of drug-likeness (QED) is 0.856. The zero-order chi connectivity index (χ0) is 13.9. The van der Waals surface area contributed by atoms with Gasteiger partial charge in [0.2, 0.25) is 5.91 Å². The van der Waals surface area contributed by atoms with Crippen LogP contribution in [0.15, 0.2) is 18.2 Å². The van der Waals surface area contributed by atoms with Crippen LogP contribution in [0.1, 0.15) is 33.3 Å². The minimum Gasteiger partial charge on any atom is -0.491 e. The van der Waals surface area contributed by atoms with Crippen molar-refractivity contribution >= 4 is 27.5 Å². The molecule has 1 N–H and O–H groups in total. The van der Waals surface area contributed by atoms with E-state index in [-0.39, 0.29) is 12.0 Å². The molecule has 0 atom stereocenters. The molecule has 4 heteroatoms. The summed E-state index contributed by atoms with van der Waals surface area (Å²) in [6.07, 6.45) is 0.145. The topological polar surface area (TPSA) is 38.3 Å². The van der Waals surface area contributed by atoms with Crippen LogP contribution in [0.4, 0.5) is 5.69 Å². The number of carbonyl (C=O) groups excluding carboxylic acids is 1. The summed E-state index contributed by atoms with van der Waals surface area (Å²) in [6.45, 7) is 9.54. The normalized spacial score (nSPS) is 11.5. The zero-order valence-electron chi connectivity index (χ0n) is 11.5. The van der Waals surface area contributed by atoms with Gasteiger partial charge in [-0.3, -0.25) is 4.79 Å². The monoisotopic (exact) mass is 313 g/mol. The summed E-state index contributed by atoms with van der Waals surface area (Å²) in [6, 6.07) is 5.66. The first-order valence-corrected chi connectivity index (χ1v) is 6.77. The molecule has 0 aliphatic carbocycles. The highest BCUT2D eigenvalue weighted by Gasteiger charge is 2.23. The third-order valence-corrected chi connectivity index (χ3v) is 2.72. The van der Waals surface area contributed by atoms with Gasteiger partial charge in [-0.1, -0.05) is 15.9 Å². The van der Waals surface area contributed by atoms with E-state index in [1.165, 1.54) is 0 Å². The molecule has 0 saturated heterocycles. The maximum atomic E-state index is 11.9. The number of benzene rings is 1. The van der Waals surface area contributed by atoms with Crippen molar-refractivity contribution in [2.24, 2.45) is 0 Å². The number of hydrogen-bond acceptors (Lipinski definition) is 2. The second kappa shape index (κ2) is 5.74. The van der Waals surface area contributed by atoms with Gasteiger partial charge in [0.25, 0.3) is 0 Å². The molecule has 0 fully saturated rings. The van der Waals surface area contributed by atoms with Gasteiger partial charge in [0.15, 0.2) is 0 Å². The summed E-state index contributed by atoms with van der Waals surface area (Å²) >= 11 is 3.34. The predicted molar refractivity (Wildman–Crippen MR) is 78.6 cm³/mol. The molecule has 0 aliphatic heterocycles. The summed E-state index contributed by atoms with van der Waals surface area (Å²) in [5, 5.41) is 2.89. The van der Waals surface area contributed by atoms with E-state index in [4.69, 9.17) is 4.74 Å². The molecule has 1 amide bonds. The van der Waals surface area contributed by atoms with E-state index in [1.807, 2.05) is 52.8 Å². The van der Waals surface area contributed by atoms with E-state index in [9.17, 15) is 4.79 Å². The zero-order valence-corrected chi connectivity index (χ0v) is 13.1. The smallest absolute Gasteiger partial charge is 0.240 e. The van der Waals surface area contributed by atoms with Crippen molar-refractivity contribution in [3.8, 4) is 5.75 Å². The fourth-order valence-corrected chi connectivity index (χ4v) is 1.49. The Morgan fingerprint density at radius 1 is 1.39 bits per heavy atom. The first kappa shape index (κ1) is 15.0. The van der Waals surface area contributed by atoms with E-state index >= 15 is 0 Å². The van der Waals surface area contributed by atoms with Gasteiger partial charge in [0.05, 0.1) is 10.4 Å². The van der Waals surface area contributed by atoms with E-state index in [2.05, 4.69) is 21.2 Å². The van der Waals surface area contributed by atoms with Gasteiger partial charge in [0, 0.05) is 5.69 Å². The standard InChI is InChI=1S/C14H20BrNO2/c1-9(2)18-11-6-7-12(10(3)8-11)16-13(17)14(4,5)15/h6-9H,1-5H3,(H,16,17). The summed E-state index contributed by atoms with van der Waals surface area (Å²) in [5.41, 5.74) is 1.79. The number of anilines is 1. The number of hydrogen-bond donors (Lipinski definition) is 1. The first-order chi connectivity index (χ1) is 8.20. The number of amides is 1. The minimum absolute atomic E-state index is 0.0665. The number of carbonyl (C=O) groups is 1. The molecule has 1 rings (SSSR count). The molecule has 0 heterocycles. The van der Waals surface area contributed by atoms with Crippen molar-refractivity contribution in [1.82, 2.24) is 0 Å². The Hall–Kier alpha value is -1.03. The number of aryl methyl sites for hydroxylation is 1. The number of halogens is 1. The second-order valence-electron chi connectivity index (χ2n) is 5.07. The van der Waals surface area contributed by atoms with Crippen LogP contribution in [0.25, 0.3) is 0 Å². The Morgan fingerprint density at radius 3 is 2.44 bits per heavy atom. The molecule has 0 aliphatic rings. The van der Waals surface area contributed by atoms with Crippen molar-refractivity contribution in [2.75, 3.05) is 5.32 Å². The molecule has 0 spiro atoms. The molecule has 0 aromatic heterocycles. The van der Waals surface area contributed by atoms with Gasteiger partial charge < -0.3 is 10.1 Å². The molecule has 3 nitrogen and oxygen atoms in total. The van der Waals surface area contributed by atoms with Gasteiger partial charge in [-0.15, -0.1) is 0 Å². The fourth-order valence-electron chi connectivity index (χ4n) is 1.39. The van der Waals surface area contributed by atoms with Crippen LogP contribution in [-0.2, 0) is 4.79 Å².